The van der Waals surface area contributed by atoms with Gasteiger partial charge in [-0.15, -0.1) is 0 Å². The van der Waals surface area contributed by atoms with Crippen molar-refractivity contribution in [2.24, 2.45) is 0 Å². The zero-order chi connectivity index (χ0) is 14.5. The van der Waals surface area contributed by atoms with Crippen LogP contribution < -0.4 is 0 Å². The minimum atomic E-state index is -3.08. The average molecular weight is 278 g/mol. The average Bonchev–Trinajstić information content (AvgIpc) is 2.27. The van der Waals surface area contributed by atoms with Crippen LogP contribution in [0.4, 0.5) is 0 Å². The Bertz CT molecular complexity index is 364. The van der Waals surface area contributed by atoms with Gasteiger partial charge in [0.15, 0.2) is 9.84 Å². The zero-order valence-electron chi connectivity index (χ0n) is 12.3. The molecule has 0 heterocycles. The van der Waals surface area contributed by atoms with E-state index in [1.54, 1.807) is 23.8 Å². The minimum absolute atomic E-state index is 0.0371. The lowest BCUT2D eigenvalue weighted by Gasteiger charge is -2.30. The first-order chi connectivity index (χ1) is 8.15. The highest BCUT2D eigenvalue weighted by Gasteiger charge is 2.26. The number of amides is 1. The van der Waals surface area contributed by atoms with Gasteiger partial charge >= 0.3 is 0 Å². The van der Waals surface area contributed by atoms with Crippen LogP contribution in [0.5, 0.6) is 0 Å². The van der Waals surface area contributed by atoms with Crippen LogP contribution in [0.2, 0.25) is 0 Å². The van der Waals surface area contributed by atoms with Crippen molar-refractivity contribution in [2.75, 3.05) is 32.9 Å². The molecule has 2 atom stereocenters. The number of carbonyl (C=O) groups excluding carboxylic acids is 1. The molecule has 0 spiro atoms. The van der Waals surface area contributed by atoms with E-state index in [-0.39, 0.29) is 18.5 Å². The van der Waals surface area contributed by atoms with Crippen molar-refractivity contribution in [3.63, 3.8) is 0 Å². The van der Waals surface area contributed by atoms with Gasteiger partial charge in [0, 0.05) is 25.4 Å². The van der Waals surface area contributed by atoms with Gasteiger partial charge in [-0.05, 0) is 34.7 Å². The predicted octanol–water partition coefficient (Wildman–Crippen LogP) is 0.608. The molecule has 0 N–H and O–H groups in total. The van der Waals surface area contributed by atoms with Crippen molar-refractivity contribution in [3.8, 4) is 0 Å². The lowest BCUT2D eigenvalue weighted by molar-refractivity contribution is -0.132. The first kappa shape index (κ1) is 17.4. The molecule has 0 bridgehead atoms. The maximum absolute atomic E-state index is 11.9. The van der Waals surface area contributed by atoms with Crippen molar-refractivity contribution in [3.05, 3.63) is 0 Å². The summed E-state index contributed by atoms with van der Waals surface area (Å²) in [5.41, 5.74) is 0. The van der Waals surface area contributed by atoms with Crippen LogP contribution in [0.3, 0.4) is 0 Å². The fourth-order valence-corrected chi connectivity index (χ4v) is 2.67. The molecule has 2 unspecified atom stereocenters. The van der Waals surface area contributed by atoms with Crippen molar-refractivity contribution < 1.29 is 13.2 Å². The zero-order valence-corrected chi connectivity index (χ0v) is 13.1. The number of rotatable bonds is 7. The Labute approximate surface area is 111 Å². The topological polar surface area (TPSA) is 57.7 Å². The highest BCUT2D eigenvalue weighted by Crippen LogP contribution is 2.10. The molecule has 0 saturated carbocycles. The molecule has 0 rings (SSSR count). The molecule has 0 radical (unpaired) electrons. The molecule has 0 saturated heterocycles. The lowest BCUT2D eigenvalue weighted by atomic mass is 10.2. The van der Waals surface area contributed by atoms with E-state index in [4.69, 9.17) is 0 Å². The summed E-state index contributed by atoms with van der Waals surface area (Å²) in [5.74, 6) is 0.0371. The van der Waals surface area contributed by atoms with Crippen molar-refractivity contribution >= 4 is 15.7 Å². The summed E-state index contributed by atoms with van der Waals surface area (Å²) in [5, 5.41) is -0.480. The van der Waals surface area contributed by atoms with Crippen LogP contribution >= 0.6 is 0 Å². The smallest absolute Gasteiger partial charge is 0.236 e. The summed E-state index contributed by atoms with van der Waals surface area (Å²) in [6.45, 7) is 8.99. The Morgan fingerprint density at radius 1 is 1.17 bits per heavy atom. The Morgan fingerprint density at radius 2 is 1.61 bits per heavy atom. The van der Waals surface area contributed by atoms with E-state index in [2.05, 4.69) is 0 Å². The van der Waals surface area contributed by atoms with E-state index < -0.39 is 15.1 Å². The third-order valence-corrected chi connectivity index (χ3v) is 5.30. The van der Waals surface area contributed by atoms with Gasteiger partial charge in [0.1, 0.15) is 0 Å². The second kappa shape index (κ2) is 7.09. The maximum Gasteiger partial charge on any atom is 0.236 e. The SMILES string of the molecule is CCN(CC)C(=O)CN(C)C(C)C(C)S(C)(=O)=O. The lowest BCUT2D eigenvalue weighted by Crippen LogP contribution is -2.46. The highest BCUT2D eigenvalue weighted by molar-refractivity contribution is 7.91. The molecule has 0 aromatic carbocycles. The minimum Gasteiger partial charge on any atom is -0.342 e. The molecular weight excluding hydrogens is 252 g/mol. The second-order valence-corrected chi connectivity index (χ2v) is 7.16. The van der Waals surface area contributed by atoms with E-state index >= 15 is 0 Å². The van der Waals surface area contributed by atoms with E-state index in [9.17, 15) is 13.2 Å². The maximum atomic E-state index is 11.9. The molecule has 0 aromatic rings. The highest BCUT2D eigenvalue weighted by atomic mass is 32.2. The van der Waals surface area contributed by atoms with Gasteiger partial charge in [-0.1, -0.05) is 0 Å². The fourth-order valence-electron chi connectivity index (χ4n) is 1.75. The Hall–Kier alpha value is -0.620. The van der Waals surface area contributed by atoms with E-state index in [1.807, 2.05) is 20.8 Å². The molecule has 108 valence electrons. The number of sulfone groups is 1. The molecule has 0 aliphatic rings. The van der Waals surface area contributed by atoms with Crippen molar-refractivity contribution in [1.82, 2.24) is 9.80 Å². The number of hydrogen-bond acceptors (Lipinski definition) is 4. The van der Waals surface area contributed by atoms with E-state index in [0.717, 1.165) is 0 Å². The van der Waals surface area contributed by atoms with Gasteiger partial charge in [0.05, 0.1) is 11.8 Å². The number of hydrogen-bond donors (Lipinski definition) is 0. The normalized spacial score (nSPS) is 15.5. The summed E-state index contributed by atoms with van der Waals surface area (Å²) in [4.78, 5) is 15.5. The first-order valence-corrected chi connectivity index (χ1v) is 8.27. The van der Waals surface area contributed by atoms with Gasteiger partial charge in [0.2, 0.25) is 5.91 Å². The number of nitrogens with zero attached hydrogens (tertiary/aromatic N) is 2. The van der Waals surface area contributed by atoms with Crippen LogP contribution in [0, 0.1) is 0 Å². The number of likely N-dealkylation sites (N-methyl/N-ethyl adjacent to an activating group) is 2. The standard InChI is InChI=1S/C12H26N2O3S/c1-7-14(8-2)12(15)9-13(5)10(3)11(4)18(6,16)17/h10-11H,7-9H2,1-6H3. The Kier molecular flexibility index (Phi) is 6.84. The molecule has 18 heavy (non-hydrogen) atoms. The third-order valence-electron chi connectivity index (χ3n) is 3.55. The number of carbonyl (C=O) groups is 1. The van der Waals surface area contributed by atoms with Crippen molar-refractivity contribution in [1.29, 1.82) is 0 Å². The summed E-state index contributed by atoms with van der Waals surface area (Å²) in [7, 11) is -1.30. The molecule has 1 amide bonds. The molecule has 6 heteroatoms. The molecule has 0 aliphatic heterocycles. The molecule has 5 nitrogen and oxygen atoms in total. The van der Waals surface area contributed by atoms with Crippen molar-refractivity contribution in [2.45, 2.75) is 39.0 Å². The summed E-state index contributed by atoms with van der Waals surface area (Å²) < 4.78 is 23.0. The monoisotopic (exact) mass is 278 g/mol. The van der Waals surface area contributed by atoms with Gasteiger partial charge < -0.3 is 4.90 Å². The van der Waals surface area contributed by atoms with Crippen LogP contribution in [-0.4, -0.2) is 68.4 Å². The Balaban J connectivity index is 4.58. The van der Waals surface area contributed by atoms with Crippen LogP contribution in [0.25, 0.3) is 0 Å². The summed E-state index contributed by atoms with van der Waals surface area (Å²) in [6.07, 6.45) is 1.23. The van der Waals surface area contributed by atoms with Gasteiger partial charge in [-0.3, -0.25) is 9.69 Å². The largest absolute Gasteiger partial charge is 0.342 e. The van der Waals surface area contributed by atoms with Gasteiger partial charge in [-0.2, -0.15) is 0 Å². The van der Waals surface area contributed by atoms with E-state index in [0.29, 0.717) is 13.1 Å². The van der Waals surface area contributed by atoms with Gasteiger partial charge in [-0.25, -0.2) is 8.42 Å². The van der Waals surface area contributed by atoms with Crippen LogP contribution in [-0.2, 0) is 14.6 Å². The quantitative estimate of drug-likeness (QED) is 0.684. The van der Waals surface area contributed by atoms with Gasteiger partial charge in [0.25, 0.3) is 0 Å². The molecule has 0 fully saturated rings. The molecular formula is C12H26N2O3S. The molecule has 0 aliphatic carbocycles. The third kappa shape index (κ3) is 4.94. The first-order valence-electron chi connectivity index (χ1n) is 6.31. The summed E-state index contributed by atoms with van der Waals surface area (Å²) >= 11 is 0. The molecule has 0 aromatic heterocycles. The van der Waals surface area contributed by atoms with E-state index in [1.165, 1.54) is 6.26 Å². The summed E-state index contributed by atoms with van der Waals surface area (Å²) in [6, 6.07) is -0.181. The van der Waals surface area contributed by atoms with Crippen LogP contribution in [0.15, 0.2) is 0 Å². The second-order valence-electron chi connectivity index (χ2n) is 4.76. The fraction of sp³-hybridized carbons (Fsp3) is 0.917. The van der Waals surface area contributed by atoms with Crippen LogP contribution in [0.1, 0.15) is 27.7 Å². The Morgan fingerprint density at radius 3 is 1.94 bits per heavy atom. The predicted molar refractivity (Wildman–Crippen MR) is 74.3 cm³/mol.